The SMILES string of the molecule is CN(C)c1ncc(CNc2ccc(I)cc2)n1C. The van der Waals surface area contributed by atoms with Crippen molar-refractivity contribution < 1.29 is 0 Å². The van der Waals surface area contributed by atoms with E-state index in [2.05, 4.69) is 61.7 Å². The summed E-state index contributed by atoms with van der Waals surface area (Å²) in [6.45, 7) is 0.776. The fourth-order valence-corrected chi connectivity index (χ4v) is 2.13. The van der Waals surface area contributed by atoms with Gasteiger partial charge in [-0.1, -0.05) is 0 Å². The zero-order valence-electron chi connectivity index (χ0n) is 10.8. The first-order valence-corrected chi connectivity index (χ1v) is 6.83. The van der Waals surface area contributed by atoms with Crippen molar-refractivity contribution in [2.24, 2.45) is 7.05 Å². The van der Waals surface area contributed by atoms with E-state index in [1.807, 2.05) is 32.2 Å². The summed E-state index contributed by atoms with van der Waals surface area (Å²) in [4.78, 5) is 6.40. The number of nitrogens with zero attached hydrogens (tertiary/aromatic N) is 3. The zero-order chi connectivity index (χ0) is 13.1. The van der Waals surface area contributed by atoms with Crippen molar-refractivity contribution >= 4 is 34.2 Å². The molecule has 0 bridgehead atoms. The minimum absolute atomic E-state index is 0.776. The molecule has 0 spiro atoms. The molecule has 4 nitrogen and oxygen atoms in total. The molecule has 5 heteroatoms. The molecule has 0 atom stereocenters. The van der Waals surface area contributed by atoms with Crippen LogP contribution in [0.3, 0.4) is 0 Å². The van der Waals surface area contributed by atoms with Gasteiger partial charge in [0.05, 0.1) is 18.4 Å². The predicted octanol–water partition coefficient (Wildman–Crippen LogP) is 2.70. The van der Waals surface area contributed by atoms with Gasteiger partial charge in [0, 0.05) is 30.4 Å². The van der Waals surface area contributed by atoms with E-state index >= 15 is 0 Å². The molecule has 0 aliphatic carbocycles. The third-order valence-electron chi connectivity index (χ3n) is 2.78. The topological polar surface area (TPSA) is 33.1 Å². The monoisotopic (exact) mass is 356 g/mol. The predicted molar refractivity (Wildman–Crippen MR) is 84.0 cm³/mol. The average molecular weight is 356 g/mol. The normalized spacial score (nSPS) is 10.4. The molecule has 0 aliphatic heterocycles. The molecule has 1 aromatic heterocycles. The lowest BCUT2D eigenvalue weighted by molar-refractivity contribution is 0.814. The van der Waals surface area contributed by atoms with Crippen LogP contribution in [-0.4, -0.2) is 23.6 Å². The Bertz CT molecular complexity index is 516. The summed E-state index contributed by atoms with van der Waals surface area (Å²) in [7, 11) is 6.03. The molecule has 96 valence electrons. The second kappa shape index (κ2) is 5.60. The lowest BCUT2D eigenvalue weighted by Gasteiger charge is -2.13. The van der Waals surface area contributed by atoms with Crippen molar-refractivity contribution in [1.82, 2.24) is 9.55 Å². The molecular weight excluding hydrogens is 339 g/mol. The quantitative estimate of drug-likeness (QED) is 0.856. The Kier molecular flexibility index (Phi) is 4.11. The van der Waals surface area contributed by atoms with Gasteiger partial charge in [-0.2, -0.15) is 0 Å². The molecule has 0 saturated heterocycles. The molecule has 0 radical (unpaired) electrons. The lowest BCUT2D eigenvalue weighted by atomic mass is 10.3. The van der Waals surface area contributed by atoms with Crippen LogP contribution >= 0.6 is 22.6 Å². The number of aromatic nitrogens is 2. The van der Waals surface area contributed by atoms with E-state index in [0.29, 0.717) is 0 Å². The van der Waals surface area contributed by atoms with E-state index in [-0.39, 0.29) is 0 Å². The molecule has 1 N–H and O–H groups in total. The number of hydrogen-bond acceptors (Lipinski definition) is 3. The second-order valence-corrected chi connectivity index (χ2v) is 5.61. The van der Waals surface area contributed by atoms with Crippen LogP contribution in [0.5, 0.6) is 0 Å². The van der Waals surface area contributed by atoms with Crippen LogP contribution < -0.4 is 10.2 Å². The van der Waals surface area contributed by atoms with Gasteiger partial charge in [-0.15, -0.1) is 0 Å². The summed E-state index contributed by atoms with van der Waals surface area (Å²) in [6.07, 6.45) is 1.91. The highest BCUT2D eigenvalue weighted by Crippen LogP contribution is 2.15. The maximum absolute atomic E-state index is 4.39. The Hall–Kier alpha value is -1.24. The molecule has 2 aromatic rings. The first-order chi connectivity index (χ1) is 8.58. The molecule has 18 heavy (non-hydrogen) atoms. The van der Waals surface area contributed by atoms with Gasteiger partial charge in [0.2, 0.25) is 5.95 Å². The van der Waals surface area contributed by atoms with E-state index in [1.54, 1.807) is 0 Å². The zero-order valence-corrected chi connectivity index (χ0v) is 13.0. The number of nitrogens with one attached hydrogen (secondary N) is 1. The Morgan fingerprint density at radius 2 is 1.94 bits per heavy atom. The second-order valence-electron chi connectivity index (χ2n) is 4.36. The summed E-state index contributed by atoms with van der Waals surface area (Å²) in [5.41, 5.74) is 2.29. The van der Waals surface area contributed by atoms with Gasteiger partial charge in [0.25, 0.3) is 0 Å². The van der Waals surface area contributed by atoms with Gasteiger partial charge >= 0.3 is 0 Å². The number of rotatable bonds is 4. The number of anilines is 2. The van der Waals surface area contributed by atoms with Crippen molar-refractivity contribution in [2.45, 2.75) is 6.54 Å². The molecule has 0 aliphatic rings. The van der Waals surface area contributed by atoms with Crippen LogP contribution in [0.25, 0.3) is 0 Å². The van der Waals surface area contributed by atoms with E-state index in [0.717, 1.165) is 23.9 Å². The molecule has 0 saturated carbocycles. The third kappa shape index (κ3) is 2.95. The summed E-state index contributed by atoms with van der Waals surface area (Å²) in [6, 6.07) is 8.37. The largest absolute Gasteiger partial charge is 0.379 e. The average Bonchev–Trinajstić information content (AvgIpc) is 2.70. The van der Waals surface area contributed by atoms with Crippen LogP contribution in [0.15, 0.2) is 30.5 Å². The maximum Gasteiger partial charge on any atom is 0.204 e. The van der Waals surface area contributed by atoms with Gasteiger partial charge in [0.15, 0.2) is 0 Å². The van der Waals surface area contributed by atoms with Gasteiger partial charge in [-0.25, -0.2) is 4.98 Å². The molecule has 0 unspecified atom stereocenters. The number of halogens is 1. The molecular formula is C13H17IN4. The first-order valence-electron chi connectivity index (χ1n) is 5.75. The lowest BCUT2D eigenvalue weighted by Crippen LogP contribution is -2.15. The highest BCUT2D eigenvalue weighted by Gasteiger charge is 2.07. The van der Waals surface area contributed by atoms with Crippen molar-refractivity contribution in [3.05, 3.63) is 39.7 Å². The Morgan fingerprint density at radius 3 is 2.50 bits per heavy atom. The van der Waals surface area contributed by atoms with Crippen molar-refractivity contribution in [1.29, 1.82) is 0 Å². The molecule has 1 heterocycles. The van der Waals surface area contributed by atoms with Gasteiger partial charge in [-0.05, 0) is 46.9 Å². The van der Waals surface area contributed by atoms with Gasteiger partial charge in [0.1, 0.15) is 0 Å². The number of imidazole rings is 1. The van der Waals surface area contributed by atoms with Crippen LogP contribution in [0.1, 0.15) is 5.69 Å². The third-order valence-corrected chi connectivity index (χ3v) is 3.50. The van der Waals surface area contributed by atoms with Crippen molar-refractivity contribution in [2.75, 3.05) is 24.3 Å². The minimum Gasteiger partial charge on any atom is -0.379 e. The maximum atomic E-state index is 4.39. The highest BCUT2D eigenvalue weighted by molar-refractivity contribution is 14.1. The Morgan fingerprint density at radius 1 is 1.28 bits per heavy atom. The van der Waals surface area contributed by atoms with Crippen molar-refractivity contribution in [3.63, 3.8) is 0 Å². The Balaban J connectivity index is 2.04. The van der Waals surface area contributed by atoms with Crippen LogP contribution in [-0.2, 0) is 13.6 Å². The van der Waals surface area contributed by atoms with Gasteiger partial charge in [-0.3, -0.25) is 0 Å². The molecule has 0 amide bonds. The summed E-state index contributed by atoms with van der Waals surface area (Å²) in [5.74, 6) is 0.967. The fraction of sp³-hybridized carbons (Fsp3) is 0.308. The first kappa shape index (κ1) is 13.2. The van der Waals surface area contributed by atoms with Crippen molar-refractivity contribution in [3.8, 4) is 0 Å². The van der Waals surface area contributed by atoms with Crippen LogP contribution in [0.2, 0.25) is 0 Å². The molecule has 2 rings (SSSR count). The number of benzene rings is 1. The summed E-state index contributed by atoms with van der Waals surface area (Å²) < 4.78 is 3.34. The highest BCUT2D eigenvalue weighted by atomic mass is 127. The van der Waals surface area contributed by atoms with E-state index < -0.39 is 0 Å². The summed E-state index contributed by atoms with van der Waals surface area (Å²) >= 11 is 2.30. The van der Waals surface area contributed by atoms with E-state index in [9.17, 15) is 0 Å². The van der Waals surface area contributed by atoms with Gasteiger partial charge < -0.3 is 14.8 Å². The smallest absolute Gasteiger partial charge is 0.204 e. The minimum atomic E-state index is 0.776. The molecule has 0 fully saturated rings. The summed E-state index contributed by atoms with van der Waals surface area (Å²) in [5, 5.41) is 3.40. The van der Waals surface area contributed by atoms with Crippen LogP contribution in [0.4, 0.5) is 11.6 Å². The fourth-order valence-electron chi connectivity index (χ4n) is 1.77. The van der Waals surface area contributed by atoms with Crippen LogP contribution in [0, 0.1) is 3.57 Å². The van der Waals surface area contributed by atoms with E-state index in [1.165, 1.54) is 3.57 Å². The molecule has 1 aromatic carbocycles. The number of hydrogen-bond donors (Lipinski definition) is 1. The van der Waals surface area contributed by atoms with E-state index in [4.69, 9.17) is 0 Å². The Labute approximate surface area is 121 Å². The standard InChI is InChI=1S/C13H17IN4/c1-17(2)13-16-9-12(18(13)3)8-15-11-6-4-10(14)5-7-11/h4-7,9,15H,8H2,1-3H3.